The minimum atomic E-state index is -0.972. The number of nitrogens with zero attached hydrogens (tertiary/aromatic N) is 2. The summed E-state index contributed by atoms with van der Waals surface area (Å²) >= 11 is 0. The first kappa shape index (κ1) is 19.9. The minimum Gasteiger partial charge on any atom is -0.507 e. The minimum absolute atomic E-state index is 0.118. The molecule has 0 fully saturated rings. The van der Waals surface area contributed by atoms with Crippen molar-refractivity contribution < 1.29 is 19.8 Å². The Kier molecular flexibility index (Phi) is 5.50. The van der Waals surface area contributed by atoms with Gasteiger partial charge in [-0.3, -0.25) is 4.79 Å². The van der Waals surface area contributed by atoms with E-state index >= 15 is 0 Å². The summed E-state index contributed by atoms with van der Waals surface area (Å²) in [5, 5.41) is 23.1. The van der Waals surface area contributed by atoms with Gasteiger partial charge < -0.3 is 14.8 Å². The fourth-order valence-corrected chi connectivity index (χ4v) is 3.27. The van der Waals surface area contributed by atoms with Crippen LogP contribution in [0, 0.1) is 20.8 Å². The number of nitrogens with one attached hydrogen (secondary N) is 1. The maximum Gasteiger partial charge on any atom is 0.336 e. The van der Waals surface area contributed by atoms with Crippen LogP contribution in [0.2, 0.25) is 0 Å². The molecule has 0 aliphatic rings. The van der Waals surface area contributed by atoms with Crippen LogP contribution in [0.3, 0.4) is 0 Å². The molecular formula is C22H21N3O4. The van der Waals surface area contributed by atoms with Crippen LogP contribution in [0.5, 0.6) is 5.75 Å². The predicted molar refractivity (Wildman–Crippen MR) is 110 cm³/mol. The summed E-state index contributed by atoms with van der Waals surface area (Å²) < 4.78 is 1.95. The first-order valence-corrected chi connectivity index (χ1v) is 8.95. The van der Waals surface area contributed by atoms with E-state index in [1.165, 1.54) is 18.3 Å². The van der Waals surface area contributed by atoms with Gasteiger partial charge in [0.25, 0.3) is 5.91 Å². The van der Waals surface area contributed by atoms with Crippen molar-refractivity contribution in [3.05, 3.63) is 82.2 Å². The summed E-state index contributed by atoms with van der Waals surface area (Å²) in [6.45, 7) is 5.59. The predicted octanol–water partition coefficient (Wildman–Crippen LogP) is 3.57. The van der Waals surface area contributed by atoms with Gasteiger partial charge in [-0.2, -0.15) is 5.10 Å². The first-order chi connectivity index (χ1) is 13.8. The largest absolute Gasteiger partial charge is 0.507 e. The van der Waals surface area contributed by atoms with E-state index in [2.05, 4.69) is 10.5 Å². The number of aromatic nitrogens is 1. The lowest BCUT2D eigenvalue weighted by Crippen LogP contribution is -2.17. The number of aryl methyl sites for hydroxylation is 1. The normalized spacial score (nSPS) is 11.0. The van der Waals surface area contributed by atoms with Gasteiger partial charge in [0.2, 0.25) is 0 Å². The molecule has 0 atom stereocenters. The van der Waals surface area contributed by atoms with Crippen LogP contribution in [0.15, 0.2) is 53.6 Å². The number of aromatic carboxylic acids is 1. The van der Waals surface area contributed by atoms with Crippen LogP contribution in [0.4, 0.5) is 0 Å². The van der Waals surface area contributed by atoms with Crippen LogP contribution in [-0.4, -0.2) is 32.9 Å². The molecule has 0 aliphatic heterocycles. The molecule has 29 heavy (non-hydrogen) atoms. The number of para-hydroxylation sites is 1. The number of phenols is 1. The van der Waals surface area contributed by atoms with E-state index in [0.29, 0.717) is 5.56 Å². The van der Waals surface area contributed by atoms with Crippen molar-refractivity contribution in [2.75, 3.05) is 0 Å². The number of benzene rings is 2. The summed E-state index contributed by atoms with van der Waals surface area (Å²) in [5.74, 6) is -1.61. The number of hydrogen-bond acceptors (Lipinski definition) is 4. The van der Waals surface area contributed by atoms with Gasteiger partial charge in [-0.1, -0.05) is 18.2 Å². The molecule has 1 aromatic heterocycles. The molecule has 7 nitrogen and oxygen atoms in total. The topological polar surface area (TPSA) is 104 Å². The Bertz CT molecular complexity index is 1130. The average Bonchev–Trinajstić information content (AvgIpc) is 2.95. The van der Waals surface area contributed by atoms with Crippen LogP contribution in [0.25, 0.3) is 5.69 Å². The second kappa shape index (κ2) is 8.02. The highest BCUT2D eigenvalue weighted by Gasteiger charge is 2.16. The number of amides is 1. The van der Waals surface area contributed by atoms with E-state index in [-0.39, 0.29) is 16.9 Å². The Morgan fingerprint density at radius 1 is 1.03 bits per heavy atom. The second-order valence-electron chi connectivity index (χ2n) is 6.63. The summed E-state index contributed by atoms with van der Waals surface area (Å²) in [5.41, 5.74) is 6.77. The first-order valence-electron chi connectivity index (χ1n) is 8.95. The highest BCUT2D eigenvalue weighted by Crippen LogP contribution is 2.24. The summed E-state index contributed by atoms with van der Waals surface area (Å²) in [4.78, 5) is 23.6. The average molecular weight is 391 g/mol. The molecule has 1 heterocycles. The number of hydrogen-bond donors (Lipinski definition) is 3. The van der Waals surface area contributed by atoms with Gasteiger partial charge in [0.15, 0.2) is 0 Å². The van der Waals surface area contributed by atoms with Gasteiger partial charge in [-0.15, -0.1) is 0 Å². The number of carbonyl (C=O) groups is 2. The van der Waals surface area contributed by atoms with Crippen molar-refractivity contribution in [3.63, 3.8) is 0 Å². The molecule has 3 rings (SSSR count). The van der Waals surface area contributed by atoms with Gasteiger partial charge in [-0.05, 0) is 56.7 Å². The lowest BCUT2D eigenvalue weighted by molar-refractivity contribution is 0.0695. The third-order valence-electron chi connectivity index (χ3n) is 4.77. The van der Waals surface area contributed by atoms with Gasteiger partial charge in [-0.25, -0.2) is 10.2 Å². The standard InChI is InChI=1S/C22H21N3O4/c1-13-11-16(12-23-24-21(27)18-7-4-5-10-20(18)26)15(3)25(13)19-9-6-8-17(14(19)2)22(28)29/h4-12,26H,1-3H3,(H,24,27)(H,28,29)/b23-12-. The molecule has 1 amide bonds. The number of carboxylic acid groups (broad SMARTS) is 1. The molecule has 2 aromatic carbocycles. The molecule has 0 radical (unpaired) electrons. The monoisotopic (exact) mass is 391 g/mol. The quantitative estimate of drug-likeness (QED) is 0.457. The van der Waals surface area contributed by atoms with Crippen molar-refractivity contribution in [1.29, 1.82) is 0 Å². The maximum absolute atomic E-state index is 12.1. The molecule has 0 spiro atoms. The van der Waals surface area contributed by atoms with Gasteiger partial charge in [0.1, 0.15) is 5.75 Å². The number of carbonyl (C=O) groups excluding carboxylic acids is 1. The smallest absolute Gasteiger partial charge is 0.336 e. The van der Waals surface area contributed by atoms with Crippen LogP contribution in [0.1, 0.15) is 43.2 Å². The summed E-state index contributed by atoms with van der Waals surface area (Å²) in [7, 11) is 0. The number of rotatable bonds is 5. The van der Waals surface area contributed by atoms with Gasteiger partial charge >= 0.3 is 5.97 Å². The van der Waals surface area contributed by atoms with Crippen molar-refractivity contribution in [2.24, 2.45) is 5.10 Å². The number of phenolic OH excluding ortho intramolecular Hbond substituents is 1. The zero-order valence-corrected chi connectivity index (χ0v) is 16.3. The van der Waals surface area contributed by atoms with E-state index in [1.54, 1.807) is 31.2 Å². The molecule has 3 aromatic rings. The number of carboxylic acids is 1. The van der Waals surface area contributed by atoms with Crippen LogP contribution < -0.4 is 5.43 Å². The highest BCUT2D eigenvalue weighted by molar-refractivity contribution is 5.97. The van der Waals surface area contributed by atoms with E-state index in [1.807, 2.05) is 30.5 Å². The second-order valence-corrected chi connectivity index (χ2v) is 6.63. The highest BCUT2D eigenvalue weighted by atomic mass is 16.4. The molecule has 3 N–H and O–H groups in total. The zero-order chi connectivity index (χ0) is 21.1. The van der Waals surface area contributed by atoms with Crippen LogP contribution >= 0.6 is 0 Å². The fraction of sp³-hybridized carbons (Fsp3) is 0.136. The molecule has 0 aliphatic carbocycles. The molecule has 148 valence electrons. The molecule has 0 unspecified atom stereocenters. The Morgan fingerprint density at radius 2 is 1.72 bits per heavy atom. The summed E-state index contributed by atoms with van der Waals surface area (Å²) in [6, 6.07) is 13.3. The van der Waals surface area contributed by atoms with Crippen molar-refractivity contribution in [2.45, 2.75) is 20.8 Å². The fourth-order valence-electron chi connectivity index (χ4n) is 3.27. The lowest BCUT2D eigenvalue weighted by atomic mass is 10.1. The Labute approximate surface area is 167 Å². The maximum atomic E-state index is 12.1. The van der Waals surface area contributed by atoms with Gasteiger partial charge in [0.05, 0.1) is 17.3 Å². The zero-order valence-electron chi connectivity index (χ0n) is 16.3. The van der Waals surface area contributed by atoms with Crippen molar-refractivity contribution in [1.82, 2.24) is 9.99 Å². The Morgan fingerprint density at radius 3 is 2.41 bits per heavy atom. The van der Waals surface area contributed by atoms with E-state index in [9.17, 15) is 19.8 Å². The van der Waals surface area contributed by atoms with Crippen molar-refractivity contribution >= 4 is 18.1 Å². The molecular weight excluding hydrogens is 370 g/mol. The van der Waals surface area contributed by atoms with Gasteiger partial charge in [0, 0.05) is 22.6 Å². The summed E-state index contributed by atoms with van der Waals surface area (Å²) in [6.07, 6.45) is 1.52. The third kappa shape index (κ3) is 3.89. The number of hydrazone groups is 1. The van der Waals surface area contributed by atoms with Crippen LogP contribution in [-0.2, 0) is 0 Å². The van der Waals surface area contributed by atoms with E-state index in [0.717, 1.165) is 22.6 Å². The number of aromatic hydroxyl groups is 1. The molecule has 0 saturated heterocycles. The third-order valence-corrected chi connectivity index (χ3v) is 4.77. The van der Waals surface area contributed by atoms with E-state index < -0.39 is 11.9 Å². The van der Waals surface area contributed by atoms with Crippen molar-refractivity contribution in [3.8, 4) is 11.4 Å². The molecule has 0 saturated carbocycles. The Hall–Kier alpha value is -3.87. The molecule has 0 bridgehead atoms. The SMILES string of the molecule is Cc1c(C(=O)O)cccc1-n1c(C)cc(/C=N\NC(=O)c2ccccc2O)c1C. The Balaban J connectivity index is 1.88. The van der Waals surface area contributed by atoms with E-state index in [4.69, 9.17) is 0 Å². The lowest BCUT2D eigenvalue weighted by Gasteiger charge is -2.14. The molecule has 7 heteroatoms.